The van der Waals surface area contributed by atoms with E-state index in [1.165, 1.54) is 0 Å². The van der Waals surface area contributed by atoms with Gasteiger partial charge in [0.1, 0.15) is 5.82 Å². The summed E-state index contributed by atoms with van der Waals surface area (Å²) in [5.41, 5.74) is 6.48. The highest BCUT2D eigenvalue weighted by Gasteiger charge is 2.10. The van der Waals surface area contributed by atoms with Gasteiger partial charge in [-0.15, -0.1) is 0 Å². The number of hydrogen-bond acceptors (Lipinski definition) is 5. The van der Waals surface area contributed by atoms with Crippen LogP contribution in [0, 0.1) is 0 Å². The maximum atomic E-state index is 5.88. The van der Waals surface area contributed by atoms with Gasteiger partial charge in [-0.05, 0) is 52.0 Å². The first kappa shape index (κ1) is 17.6. The Bertz CT molecular complexity index is 407. The normalized spacial score (nSPS) is 10.9. The van der Waals surface area contributed by atoms with Crippen LogP contribution in [-0.4, -0.2) is 49.2 Å². The second kappa shape index (κ2) is 9.45. The lowest BCUT2D eigenvalue weighted by Gasteiger charge is -2.25. The quantitative estimate of drug-likeness (QED) is 0.719. The highest BCUT2D eigenvalue weighted by molar-refractivity contribution is 5.54. The van der Waals surface area contributed by atoms with Crippen LogP contribution < -0.4 is 15.4 Å². The van der Waals surface area contributed by atoms with Crippen molar-refractivity contribution in [2.75, 3.05) is 50.0 Å². The number of nitrogens with zero attached hydrogens (tertiary/aromatic N) is 3. The maximum absolute atomic E-state index is 5.88. The van der Waals surface area contributed by atoms with Gasteiger partial charge >= 0.3 is 0 Å². The predicted molar refractivity (Wildman–Crippen MR) is 90.1 cm³/mol. The van der Waals surface area contributed by atoms with Crippen molar-refractivity contribution in [3.05, 3.63) is 12.1 Å². The summed E-state index contributed by atoms with van der Waals surface area (Å²) < 4.78 is 5.48. The van der Waals surface area contributed by atoms with Gasteiger partial charge < -0.3 is 20.3 Å². The van der Waals surface area contributed by atoms with Gasteiger partial charge in [-0.2, -0.15) is 4.98 Å². The third kappa shape index (κ3) is 5.42. The van der Waals surface area contributed by atoms with Gasteiger partial charge in [0.05, 0.1) is 12.3 Å². The van der Waals surface area contributed by atoms with Crippen molar-refractivity contribution in [2.45, 2.75) is 34.1 Å². The highest BCUT2D eigenvalue weighted by atomic mass is 16.5. The van der Waals surface area contributed by atoms with Crippen LogP contribution in [0.4, 0.5) is 11.5 Å². The first-order valence-corrected chi connectivity index (χ1v) is 8.02. The summed E-state index contributed by atoms with van der Waals surface area (Å²) in [4.78, 5) is 9.25. The fourth-order valence-electron chi connectivity index (χ4n) is 2.33. The van der Waals surface area contributed by atoms with Crippen LogP contribution in [0.1, 0.15) is 34.1 Å². The number of hydrogen-bond donors (Lipinski definition) is 1. The molecule has 21 heavy (non-hydrogen) atoms. The molecule has 1 rings (SSSR count). The van der Waals surface area contributed by atoms with Gasteiger partial charge in [0.15, 0.2) is 0 Å². The Labute approximate surface area is 129 Å². The molecule has 0 saturated heterocycles. The number of pyridine rings is 1. The Morgan fingerprint density at radius 1 is 1.05 bits per heavy atom. The number of ether oxygens (including phenoxy) is 1. The average molecular weight is 294 g/mol. The van der Waals surface area contributed by atoms with Gasteiger partial charge in [0.2, 0.25) is 5.88 Å². The number of anilines is 2. The summed E-state index contributed by atoms with van der Waals surface area (Å²) in [6.45, 7) is 14.3. The molecule has 0 aliphatic heterocycles. The minimum absolute atomic E-state index is 0.539. The minimum atomic E-state index is 0.539. The van der Waals surface area contributed by atoms with Crippen LogP contribution in [0.5, 0.6) is 5.88 Å². The van der Waals surface area contributed by atoms with E-state index in [9.17, 15) is 0 Å². The fourth-order valence-corrected chi connectivity index (χ4v) is 2.33. The second-order valence-corrected chi connectivity index (χ2v) is 4.96. The van der Waals surface area contributed by atoms with E-state index in [2.05, 4.69) is 35.6 Å². The molecule has 0 amide bonds. The fraction of sp³-hybridized carbons (Fsp3) is 0.688. The van der Waals surface area contributed by atoms with Gasteiger partial charge in [0, 0.05) is 13.1 Å². The largest absolute Gasteiger partial charge is 0.476 e. The molecular weight excluding hydrogens is 264 g/mol. The highest BCUT2D eigenvalue weighted by Crippen LogP contribution is 2.23. The average Bonchev–Trinajstić information content (AvgIpc) is 2.50. The molecular formula is C16H30N4O. The smallest absolute Gasteiger partial charge is 0.239 e. The van der Waals surface area contributed by atoms with Crippen molar-refractivity contribution in [3.63, 3.8) is 0 Å². The molecule has 0 aliphatic rings. The Morgan fingerprint density at radius 2 is 1.76 bits per heavy atom. The standard InChI is InChI=1S/C16H30N4O/c1-5-19(6-2)12-9-13-20(7-3)15-11-10-14(17)16(18-15)21-8-4/h10-11H,5-9,12-13,17H2,1-4H3. The van der Waals surface area contributed by atoms with E-state index in [1.54, 1.807) is 0 Å². The van der Waals surface area contributed by atoms with E-state index in [-0.39, 0.29) is 0 Å². The van der Waals surface area contributed by atoms with Gasteiger partial charge in [-0.25, -0.2) is 0 Å². The second-order valence-electron chi connectivity index (χ2n) is 4.96. The first-order valence-electron chi connectivity index (χ1n) is 8.02. The third-order valence-corrected chi connectivity index (χ3v) is 3.66. The first-order chi connectivity index (χ1) is 10.2. The van der Waals surface area contributed by atoms with Crippen LogP contribution >= 0.6 is 0 Å². The summed E-state index contributed by atoms with van der Waals surface area (Å²) in [6, 6.07) is 3.85. The van der Waals surface area contributed by atoms with E-state index in [1.807, 2.05) is 19.1 Å². The SMILES string of the molecule is CCOc1nc(N(CC)CCCN(CC)CC)ccc1N. The zero-order chi connectivity index (χ0) is 15.7. The molecule has 0 fully saturated rings. The molecule has 0 unspecified atom stereocenters. The Balaban J connectivity index is 2.65. The summed E-state index contributed by atoms with van der Waals surface area (Å²) in [5.74, 6) is 1.48. The van der Waals surface area contributed by atoms with Gasteiger partial charge in [0.25, 0.3) is 0 Å². The monoisotopic (exact) mass is 294 g/mol. The molecule has 5 nitrogen and oxygen atoms in total. The van der Waals surface area contributed by atoms with Crippen molar-refractivity contribution in [3.8, 4) is 5.88 Å². The summed E-state index contributed by atoms with van der Waals surface area (Å²) in [7, 11) is 0. The lowest BCUT2D eigenvalue weighted by Crippen LogP contribution is -2.30. The number of nitrogens with two attached hydrogens (primary N) is 1. The number of rotatable bonds is 10. The van der Waals surface area contributed by atoms with Crippen LogP contribution in [0.25, 0.3) is 0 Å². The summed E-state index contributed by atoms with van der Waals surface area (Å²) in [5, 5.41) is 0. The Hall–Kier alpha value is -1.49. The van der Waals surface area contributed by atoms with Crippen molar-refractivity contribution in [1.82, 2.24) is 9.88 Å². The summed E-state index contributed by atoms with van der Waals surface area (Å²) >= 11 is 0. The van der Waals surface area contributed by atoms with Gasteiger partial charge in [-0.3, -0.25) is 0 Å². The van der Waals surface area contributed by atoms with E-state index < -0.39 is 0 Å². The van der Waals surface area contributed by atoms with Crippen LogP contribution in [-0.2, 0) is 0 Å². The Morgan fingerprint density at radius 3 is 2.33 bits per heavy atom. The summed E-state index contributed by atoms with van der Waals surface area (Å²) in [6.07, 6.45) is 1.13. The molecule has 0 radical (unpaired) electrons. The maximum Gasteiger partial charge on any atom is 0.239 e. The predicted octanol–water partition coefficient (Wildman–Crippen LogP) is 2.62. The molecule has 0 bridgehead atoms. The number of aromatic nitrogens is 1. The van der Waals surface area contributed by atoms with E-state index in [4.69, 9.17) is 10.5 Å². The molecule has 120 valence electrons. The Kier molecular flexibility index (Phi) is 7.90. The third-order valence-electron chi connectivity index (χ3n) is 3.66. The van der Waals surface area contributed by atoms with Crippen molar-refractivity contribution in [2.24, 2.45) is 0 Å². The molecule has 2 N–H and O–H groups in total. The van der Waals surface area contributed by atoms with E-state index >= 15 is 0 Å². The van der Waals surface area contributed by atoms with E-state index in [0.29, 0.717) is 18.2 Å². The number of nitrogen functional groups attached to an aromatic ring is 1. The molecule has 1 aromatic rings. The minimum Gasteiger partial charge on any atom is -0.476 e. The van der Waals surface area contributed by atoms with Crippen molar-refractivity contribution in [1.29, 1.82) is 0 Å². The molecule has 0 saturated carbocycles. The topological polar surface area (TPSA) is 54.6 Å². The van der Waals surface area contributed by atoms with Crippen LogP contribution in [0.3, 0.4) is 0 Å². The van der Waals surface area contributed by atoms with Gasteiger partial charge in [-0.1, -0.05) is 13.8 Å². The lowest BCUT2D eigenvalue weighted by molar-refractivity contribution is 0.300. The molecule has 1 heterocycles. The zero-order valence-corrected chi connectivity index (χ0v) is 13.9. The molecule has 0 atom stereocenters. The van der Waals surface area contributed by atoms with Crippen molar-refractivity contribution >= 4 is 11.5 Å². The zero-order valence-electron chi connectivity index (χ0n) is 13.9. The molecule has 1 aromatic heterocycles. The molecule has 5 heteroatoms. The lowest BCUT2D eigenvalue weighted by atomic mass is 10.3. The van der Waals surface area contributed by atoms with Crippen LogP contribution in [0.2, 0.25) is 0 Å². The molecule has 0 aliphatic carbocycles. The molecule has 0 aromatic carbocycles. The van der Waals surface area contributed by atoms with E-state index in [0.717, 1.165) is 45.0 Å². The van der Waals surface area contributed by atoms with Crippen molar-refractivity contribution < 1.29 is 4.74 Å². The molecule has 0 spiro atoms. The van der Waals surface area contributed by atoms with Crippen LogP contribution in [0.15, 0.2) is 12.1 Å².